The van der Waals surface area contributed by atoms with Crippen molar-refractivity contribution in [2.75, 3.05) is 12.4 Å². The van der Waals surface area contributed by atoms with E-state index in [2.05, 4.69) is 35.8 Å². The van der Waals surface area contributed by atoms with Crippen LogP contribution in [-0.4, -0.2) is 36.1 Å². The SMILES string of the molecule is COC(=O)CCc1ccc(S(=O)(=O)NCc2cccc(CNc3cc(-c4ccccc4Cl)nc4c(Br)cnn34)c2)cc1. The van der Waals surface area contributed by atoms with Gasteiger partial charge in [-0.3, -0.25) is 4.79 Å². The van der Waals surface area contributed by atoms with Crippen LogP contribution in [0.2, 0.25) is 5.02 Å². The summed E-state index contributed by atoms with van der Waals surface area (Å²) < 4.78 is 35.6. The molecular weight excluding hydrogens is 642 g/mol. The third-order valence-corrected chi connectivity index (χ3v) is 8.90. The van der Waals surface area contributed by atoms with Crippen LogP contribution in [0.3, 0.4) is 0 Å². The van der Waals surface area contributed by atoms with Crippen LogP contribution in [0.15, 0.2) is 94.4 Å². The van der Waals surface area contributed by atoms with Gasteiger partial charge in [-0.05, 0) is 57.2 Å². The number of hydrogen-bond donors (Lipinski definition) is 2. The molecule has 0 fully saturated rings. The fourth-order valence-corrected chi connectivity index (χ4v) is 5.95. The Balaban J connectivity index is 1.26. The van der Waals surface area contributed by atoms with Crippen molar-refractivity contribution in [2.45, 2.75) is 30.8 Å². The summed E-state index contributed by atoms with van der Waals surface area (Å²) in [6, 6.07) is 23.6. The highest BCUT2D eigenvalue weighted by molar-refractivity contribution is 9.10. The Hall–Kier alpha value is -3.77. The second-order valence-corrected chi connectivity index (χ2v) is 12.5. The molecule has 0 atom stereocenters. The average molecular weight is 669 g/mol. The molecule has 12 heteroatoms. The van der Waals surface area contributed by atoms with Gasteiger partial charge in [0.15, 0.2) is 5.65 Å². The van der Waals surface area contributed by atoms with Crippen molar-refractivity contribution in [1.82, 2.24) is 19.3 Å². The molecule has 0 saturated heterocycles. The number of aromatic nitrogens is 3. The molecule has 9 nitrogen and oxygen atoms in total. The zero-order valence-corrected chi connectivity index (χ0v) is 25.7. The maximum Gasteiger partial charge on any atom is 0.305 e. The number of esters is 1. The van der Waals surface area contributed by atoms with E-state index in [4.69, 9.17) is 16.6 Å². The highest BCUT2D eigenvalue weighted by Gasteiger charge is 2.15. The van der Waals surface area contributed by atoms with Gasteiger partial charge in [-0.1, -0.05) is 66.2 Å². The number of nitrogens with one attached hydrogen (secondary N) is 2. The van der Waals surface area contributed by atoms with Crippen LogP contribution in [-0.2, 0) is 39.1 Å². The van der Waals surface area contributed by atoms with Crippen LogP contribution < -0.4 is 10.0 Å². The van der Waals surface area contributed by atoms with Crippen LogP contribution in [0.4, 0.5) is 5.82 Å². The Morgan fingerprint density at radius 2 is 1.71 bits per heavy atom. The van der Waals surface area contributed by atoms with E-state index in [1.165, 1.54) is 19.2 Å². The molecule has 0 unspecified atom stereocenters. The summed E-state index contributed by atoms with van der Waals surface area (Å²) >= 11 is 9.96. The fraction of sp³-hybridized carbons (Fsp3) is 0.167. The standard InChI is InChI=1S/C30H27BrClN5O4S/c1-41-29(38)14-11-20-9-12-23(13-10-20)42(39,40)35-18-22-6-4-5-21(15-22)17-33-28-16-27(24-7-2-3-8-26(24)32)36-30-25(31)19-34-37(28)30/h2-10,12-13,15-16,19,33,35H,11,14,17-18H2,1H3. The lowest BCUT2D eigenvalue weighted by atomic mass is 10.1. The number of hydrogen-bond acceptors (Lipinski definition) is 7. The Morgan fingerprint density at radius 1 is 0.976 bits per heavy atom. The highest BCUT2D eigenvalue weighted by Crippen LogP contribution is 2.30. The van der Waals surface area contributed by atoms with Crippen molar-refractivity contribution in [3.05, 3.63) is 111 Å². The molecule has 2 N–H and O–H groups in total. The van der Waals surface area contributed by atoms with Crippen LogP contribution in [0.1, 0.15) is 23.1 Å². The number of aryl methyl sites for hydroxylation is 1. The lowest BCUT2D eigenvalue weighted by Gasteiger charge is -2.13. The topological polar surface area (TPSA) is 115 Å². The van der Waals surface area contributed by atoms with Crippen LogP contribution in [0.5, 0.6) is 0 Å². The van der Waals surface area contributed by atoms with Crippen LogP contribution >= 0.6 is 27.5 Å². The zero-order chi connectivity index (χ0) is 29.7. The number of benzene rings is 3. The smallest absolute Gasteiger partial charge is 0.305 e. The Bertz CT molecular complexity index is 1840. The summed E-state index contributed by atoms with van der Waals surface area (Å²) in [4.78, 5) is 16.2. The van der Waals surface area contributed by atoms with E-state index in [1.807, 2.05) is 54.6 Å². The number of carbonyl (C=O) groups excluding carboxylic acids is 1. The number of nitrogens with zero attached hydrogens (tertiary/aromatic N) is 3. The highest BCUT2D eigenvalue weighted by atomic mass is 79.9. The second-order valence-electron chi connectivity index (χ2n) is 9.45. The van der Waals surface area contributed by atoms with Crippen LogP contribution in [0, 0.1) is 0 Å². The van der Waals surface area contributed by atoms with E-state index in [1.54, 1.807) is 22.8 Å². The van der Waals surface area contributed by atoms with Crippen LogP contribution in [0.25, 0.3) is 16.9 Å². The molecule has 42 heavy (non-hydrogen) atoms. The molecule has 2 heterocycles. The van der Waals surface area contributed by atoms with Gasteiger partial charge >= 0.3 is 5.97 Å². The molecule has 2 aromatic heterocycles. The largest absolute Gasteiger partial charge is 0.469 e. The quantitative estimate of drug-likeness (QED) is 0.166. The van der Waals surface area contributed by atoms with E-state index in [0.29, 0.717) is 29.3 Å². The van der Waals surface area contributed by atoms with Gasteiger partial charge in [0.05, 0.1) is 28.4 Å². The summed E-state index contributed by atoms with van der Waals surface area (Å²) in [5, 5.41) is 8.46. The minimum atomic E-state index is -3.73. The first-order chi connectivity index (χ1) is 20.2. The van der Waals surface area contributed by atoms with Crippen molar-refractivity contribution in [3.8, 4) is 11.3 Å². The molecule has 0 aliphatic carbocycles. The first kappa shape index (κ1) is 29.7. The molecule has 0 aliphatic heterocycles. The Morgan fingerprint density at radius 3 is 2.45 bits per heavy atom. The normalized spacial score (nSPS) is 11.5. The minimum absolute atomic E-state index is 0.128. The fourth-order valence-electron chi connectivity index (χ4n) is 4.36. The van der Waals surface area contributed by atoms with Crippen molar-refractivity contribution in [2.24, 2.45) is 0 Å². The molecule has 0 aliphatic rings. The third kappa shape index (κ3) is 6.99. The lowest BCUT2D eigenvalue weighted by Crippen LogP contribution is -2.23. The van der Waals surface area contributed by atoms with Gasteiger partial charge in [-0.15, -0.1) is 0 Å². The lowest BCUT2D eigenvalue weighted by molar-refractivity contribution is -0.140. The number of sulfonamides is 1. The number of methoxy groups -OCH3 is 1. The van der Waals surface area contributed by atoms with E-state index < -0.39 is 10.0 Å². The molecule has 0 saturated carbocycles. The molecule has 0 bridgehead atoms. The number of ether oxygens (including phenoxy) is 1. The van der Waals surface area contributed by atoms with Gasteiger partial charge < -0.3 is 10.1 Å². The monoisotopic (exact) mass is 667 g/mol. The number of rotatable bonds is 11. The Labute approximate surface area is 257 Å². The van der Waals surface area contributed by atoms with E-state index in [9.17, 15) is 13.2 Å². The van der Waals surface area contributed by atoms with Gasteiger partial charge in [0.2, 0.25) is 10.0 Å². The molecule has 0 radical (unpaired) electrons. The van der Waals surface area contributed by atoms with E-state index in [-0.39, 0.29) is 23.8 Å². The van der Waals surface area contributed by atoms with E-state index in [0.717, 1.165) is 32.5 Å². The second kappa shape index (κ2) is 13.0. The molecule has 5 aromatic rings. The third-order valence-electron chi connectivity index (χ3n) is 6.59. The zero-order valence-electron chi connectivity index (χ0n) is 22.6. The Kier molecular flexibility index (Phi) is 9.22. The number of halogens is 2. The van der Waals surface area contributed by atoms with Gasteiger partial charge in [0, 0.05) is 36.2 Å². The maximum absolute atomic E-state index is 12.9. The average Bonchev–Trinajstić information content (AvgIpc) is 3.38. The first-order valence-corrected chi connectivity index (χ1v) is 15.7. The van der Waals surface area contributed by atoms with Crippen molar-refractivity contribution in [3.63, 3.8) is 0 Å². The van der Waals surface area contributed by atoms with E-state index >= 15 is 0 Å². The predicted molar refractivity (Wildman–Crippen MR) is 166 cm³/mol. The molecular formula is C30H27BrClN5O4S. The van der Waals surface area contributed by atoms with Crippen molar-refractivity contribution < 1.29 is 17.9 Å². The summed E-state index contributed by atoms with van der Waals surface area (Å²) in [5.74, 6) is 0.415. The first-order valence-electron chi connectivity index (χ1n) is 13.0. The number of carbonyl (C=O) groups is 1. The summed E-state index contributed by atoms with van der Waals surface area (Å²) in [6.45, 7) is 0.592. The number of anilines is 1. The van der Waals surface area contributed by atoms with Gasteiger partial charge in [-0.25, -0.2) is 18.1 Å². The van der Waals surface area contributed by atoms with Gasteiger partial charge in [0.1, 0.15) is 5.82 Å². The molecule has 216 valence electrons. The maximum atomic E-state index is 12.9. The molecule has 0 amide bonds. The summed E-state index contributed by atoms with van der Waals surface area (Å²) in [6.07, 6.45) is 2.40. The summed E-state index contributed by atoms with van der Waals surface area (Å²) in [5.41, 5.74) is 4.78. The van der Waals surface area contributed by atoms with Crippen molar-refractivity contribution in [1.29, 1.82) is 0 Å². The van der Waals surface area contributed by atoms with Crippen molar-refractivity contribution >= 4 is 55.0 Å². The van der Waals surface area contributed by atoms with Gasteiger partial charge in [0.25, 0.3) is 0 Å². The summed E-state index contributed by atoms with van der Waals surface area (Å²) in [7, 11) is -2.39. The van der Waals surface area contributed by atoms with Gasteiger partial charge in [-0.2, -0.15) is 9.61 Å². The molecule has 0 spiro atoms. The minimum Gasteiger partial charge on any atom is -0.469 e. The number of fused-ring (bicyclic) bond motifs is 1. The predicted octanol–water partition coefficient (Wildman–Crippen LogP) is 6.01. The molecule has 3 aromatic carbocycles. The molecule has 5 rings (SSSR count).